The van der Waals surface area contributed by atoms with E-state index in [0.717, 1.165) is 4.47 Å². The van der Waals surface area contributed by atoms with E-state index in [1.807, 2.05) is 6.07 Å². The van der Waals surface area contributed by atoms with Crippen molar-refractivity contribution < 1.29 is 9.84 Å². The minimum atomic E-state index is -0.908. The molecule has 6 heteroatoms. The van der Waals surface area contributed by atoms with Crippen LogP contribution in [0, 0.1) is 16.7 Å². The molecule has 1 aromatic rings. The van der Waals surface area contributed by atoms with Crippen molar-refractivity contribution in [3.63, 3.8) is 0 Å². The first kappa shape index (κ1) is 13.9. The predicted octanol–water partition coefficient (Wildman–Crippen LogP) is 2.96. The highest BCUT2D eigenvalue weighted by Gasteiger charge is 2.42. The van der Waals surface area contributed by atoms with Gasteiger partial charge < -0.3 is 9.84 Å². The highest BCUT2D eigenvalue weighted by molar-refractivity contribution is 9.11. The minimum Gasteiger partial charge on any atom is -0.385 e. The van der Waals surface area contributed by atoms with Crippen LogP contribution in [0.4, 0.5) is 0 Å². The molecule has 1 N–H and O–H groups in total. The number of pyridine rings is 1. The summed E-state index contributed by atoms with van der Waals surface area (Å²) in [6.07, 6.45) is 1.76. The van der Waals surface area contributed by atoms with Gasteiger partial charge in [0, 0.05) is 28.4 Å². The zero-order valence-electron chi connectivity index (χ0n) is 9.57. The first-order valence-corrected chi connectivity index (χ1v) is 7.16. The van der Waals surface area contributed by atoms with Crippen LogP contribution in [-0.4, -0.2) is 23.3 Å². The van der Waals surface area contributed by atoms with Gasteiger partial charge >= 0.3 is 0 Å². The zero-order chi connectivity index (χ0) is 13.2. The second-order valence-electron chi connectivity index (χ2n) is 4.30. The lowest BCUT2D eigenvalue weighted by Crippen LogP contribution is -2.34. The summed E-state index contributed by atoms with van der Waals surface area (Å²) in [5.74, 6) is 0. The molecule has 1 fully saturated rings. The van der Waals surface area contributed by atoms with E-state index in [1.165, 1.54) is 0 Å². The maximum Gasteiger partial charge on any atom is 0.116 e. The fourth-order valence-electron chi connectivity index (χ4n) is 2.07. The van der Waals surface area contributed by atoms with E-state index in [-0.39, 0.29) is 0 Å². The summed E-state index contributed by atoms with van der Waals surface area (Å²) in [6, 6.07) is 4.07. The van der Waals surface area contributed by atoms with Gasteiger partial charge in [-0.1, -0.05) is 0 Å². The predicted molar refractivity (Wildman–Crippen MR) is 72.7 cm³/mol. The van der Waals surface area contributed by atoms with Crippen LogP contribution in [-0.2, 0) is 4.74 Å². The molecule has 0 amide bonds. The first-order chi connectivity index (χ1) is 8.59. The van der Waals surface area contributed by atoms with Gasteiger partial charge in [0.15, 0.2) is 0 Å². The molecule has 0 saturated carbocycles. The van der Waals surface area contributed by atoms with Crippen molar-refractivity contribution in [2.45, 2.75) is 18.9 Å². The Morgan fingerprint density at radius 2 is 2.11 bits per heavy atom. The molecule has 0 spiro atoms. The topological polar surface area (TPSA) is 66.1 Å². The third kappa shape index (κ3) is 2.59. The van der Waals surface area contributed by atoms with Gasteiger partial charge in [-0.3, -0.25) is 4.98 Å². The van der Waals surface area contributed by atoms with Crippen LogP contribution in [0.25, 0.3) is 0 Å². The van der Waals surface area contributed by atoms with E-state index in [1.54, 1.807) is 6.20 Å². The number of hydrogen-bond donors (Lipinski definition) is 1. The van der Waals surface area contributed by atoms with E-state index in [2.05, 4.69) is 42.9 Å². The van der Waals surface area contributed by atoms with Gasteiger partial charge in [0.2, 0.25) is 0 Å². The SMILES string of the molecule is N#CC1(C(O)c2ncc(Br)cc2Br)CCOCC1. The summed E-state index contributed by atoms with van der Waals surface area (Å²) >= 11 is 6.69. The van der Waals surface area contributed by atoms with E-state index in [0.29, 0.717) is 36.2 Å². The molecule has 1 aliphatic heterocycles. The number of hydrogen-bond acceptors (Lipinski definition) is 4. The Balaban J connectivity index is 2.34. The van der Waals surface area contributed by atoms with Gasteiger partial charge in [0.05, 0.1) is 17.2 Å². The Labute approximate surface area is 122 Å². The highest BCUT2D eigenvalue weighted by Crippen LogP contribution is 2.43. The lowest BCUT2D eigenvalue weighted by Gasteiger charge is -2.34. The quantitative estimate of drug-likeness (QED) is 0.862. The van der Waals surface area contributed by atoms with Crippen molar-refractivity contribution >= 4 is 31.9 Å². The van der Waals surface area contributed by atoms with Crippen LogP contribution in [0.2, 0.25) is 0 Å². The summed E-state index contributed by atoms with van der Waals surface area (Å²) < 4.78 is 6.78. The van der Waals surface area contributed by atoms with E-state index in [4.69, 9.17) is 4.74 Å². The van der Waals surface area contributed by atoms with Gasteiger partial charge in [-0.2, -0.15) is 5.26 Å². The third-order valence-corrected chi connectivity index (χ3v) is 4.30. The van der Waals surface area contributed by atoms with Crippen molar-refractivity contribution in [1.29, 1.82) is 5.26 Å². The molecule has 0 radical (unpaired) electrons. The molecule has 2 rings (SSSR count). The van der Waals surface area contributed by atoms with Gasteiger partial charge in [0.1, 0.15) is 6.10 Å². The van der Waals surface area contributed by atoms with E-state index >= 15 is 0 Å². The normalized spacial score (nSPS) is 20.1. The molecule has 1 saturated heterocycles. The maximum absolute atomic E-state index is 10.5. The molecule has 1 atom stereocenters. The Bertz CT molecular complexity index is 481. The monoisotopic (exact) mass is 374 g/mol. The smallest absolute Gasteiger partial charge is 0.116 e. The van der Waals surface area contributed by atoms with Crippen molar-refractivity contribution in [1.82, 2.24) is 4.98 Å². The molecule has 18 heavy (non-hydrogen) atoms. The molecule has 96 valence electrons. The molecule has 2 heterocycles. The van der Waals surface area contributed by atoms with Crippen molar-refractivity contribution in [2.24, 2.45) is 5.41 Å². The molecule has 1 aromatic heterocycles. The summed E-state index contributed by atoms with van der Waals surface area (Å²) in [5.41, 5.74) is -0.302. The van der Waals surface area contributed by atoms with E-state index in [9.17, 15) is 10.4 Å². The lowest BCUT2D eigenvalue weighted by molar-refractivity contribution is -0.0329. The summed E-state index contributed by atoms with van der Waals surface area (Å²) in [7, 11) is 0. The first-order valence-electron chi connectivity index (χ1n) is 5.57. The van der Waals surface area contributed by atoms with Gasteiger partial charge in [-0.25, -0.2) is 0 Å². The van der Waals surface area contributed by atoms with Crippen molar-refractivity contribution in [3.05, 3.63) is 26.9 Å². The fraction of sp³-hybridized carbons (Fsp3) is 0.500. The van der Waals surface area contributed by atoms with Crippen molar-refractivity contribution in [2.75, 3.05) is 13.2 Å². The molecule has 4 nitrogen and oxygen atoms in total. The zero-order valence-corrected chi connectivity index (χ0v) is 12.7. The number of rotatable bonds is 2. The lowest BCUT2D eigenvalue weighted by atomic mass is 9.75. The molecule has 1 aliphatic rings. The Hall–Kier alpha value is -0.480. The number of ether oxygens (including phenoxy) is 1. The second-order valence-corrected chi connectivity index (χ2v) is 6.07. The summed E-state index contributed by atoms with van der Waals surface area (Å²) in [4.78, 5) is 4.21. The fourth-order valence-corrected chi connectivity index (χ4v) is 3.27. The van der Waals surface area contributed by atoms with Crippen LogP contribution >= 0.6 is 31.9 Å². The third-order valence-electron chi connectivity index (χ3n) is 3.23. The minimum absolute atomic E-state index is 0.499. The van der Waals surface area contributed by atoms with Crippen molar-refractivity contribution in [3.8, 4) is 6.07 Å². The number of aliphatic hydroxyl groups excluding tert-OH is 1. The van der Waals surface area contributed by atoms with Crippen LogP contribution in [0.5, 0.6) is 0 Å². The largest absolute Gasteiger partial charge is 0.385 e. The number of nitrogens with zero attached hydrogens (tertiary/aromatic N) is 2. The van der Waals surface area contributed by atoms with Gasteiger partial charge in [-0.15, -0.1) is 0 Å². The molecule has 1 unspecified atom stereocenters. The number of aromatic nitrogens is 1. The average molecular weight is 376 g/mol. The number of halogens is 2. The second kappa shape index (κ2) is 5.66. The molecular formula is C12H12Br2N2O2. The van der Waals surface area contributed by atoms with Gasteiger partial charge in [-0.05, 0) is 50.8 Å². The van der Waals surface area contributed by atoms with Crippen LogP contribution in [0.15, 0.2) is 21.2 Å². The molecular weight excluding hydrogens is 364 g/mol. The maximum atomic E-state index is 10.5. The summed E-state index contributed by atoms with van der Waals surface area (Å²) in [5, 5.41) is 19.9. The van der Waals surface area contributed by atoms with Crippen LogP contribution in [0.1, 0.15) is 24.6 Å². The molecule has 0 aliphatic carbocycles. The van der Waals surface area contributed by atoms with Crippen LogP contribution in [0.3, 0.4) is 0 Å². The number of nitriles is 1. The Morgan fingerprint density at radius 1 is 1.44 bits per heavy atom. The molecule has 0 bridgehead atoms. The highest BCUT2D eigenvalue weighted by atomic mass is 79.9. The standard InChI is InChI=1S/C12H12Br2N2O2/c13-8-5-9(14)10(16-6-8)11(17)12(7-15)1-3-18-4-2-12/h5-6,11,17H,1-4H2. The average Bonchev–Trinajstić information content (AvgIpc) is 2.39. The van der Waals surface area contributed by atoms with Crippen LogP contribution < -0.4 is 0 Å². The Kier molecular flexibility index (Phi) is 4.38. The van der Waals surface area contributed by atoms with Gasteiger partial charge in [0.25, 0.3) is 0 Å². The molecule has 0 aromatic carbocycles. The summed E-state index contributed by atoms with van der Waals surface area (Å²) in [6.45, 7) is 0.998. The van der Waals surface area contributed by atoms with E-state index < -0.39 is 11.5 Å². The Morgan fingerprint density at radius 3 is 2.67 bits per heavy atom. The number of aliphatic hydroxyl groups is 1.